The zero-order valence-electron chi connectivity index (χ0n) is 17.2. The van der Waals surface area contributed by atoms with E-state index in [0.29, 0.717) is 23.6 Å². The van der Waals surface area contributed by atoms with Crippen molar-refractivity contribution in [1.29, 1.82) is 0 Å². The molecular weight excluding hydrogens is 362 g/mol. The molecule has 2 amide bonds. The first kappa shape index (κ1) is 19.2. The summed E-state index contributed by atoms with van der Waals surface area (Å²) in [5, 5.41) is 4.19. The van der Waals surface area contributed by atoms with Crippen LogP contribution in [-0.4, -0.2) is 35.8 Å². The maximum Gasteiger partial charge on any atom is 0.253 e. The summed E-state index contributed by atoms with van der Waals surface area (Å²) in [5.74, 6) is 0.564. The summed E-state index contributed by atoms with van der Waals surface area (Å²) in [6.07, 6.45) is 3.30. The van der Waals surface area contributed by atoms with Crippen LogP contribution in [0.3, 0.4) is 0 Å². The van der Waals surface area contributed by atoms with Gasteiger partial charge in [0.25, 0.3) is 11.8 Å². The molecule has 2 aromatic carbocycles. The molecule has 0 radical (unpaired) electrons. The van der Waals surface area contributed by atoms with Crippen LogP contribution in [0.25, 0.3) is 10.9 Å². The number of amides is 2. The quantitative estimate of drug-likeness (QED) is 0.710. The van der Waals surface area contributed by atoms with E-state index in [1.807, 2.05) is 24.3 Å². The van der Waals surface area contributed by atoms with Gasteiger partial charge in [-0.05, 0) is 54.5 Å². The van der Waals surface area contributed by atoms with Crippen LogP contribution >= 0.6 is 0 Å². The molecule has 0 spiro atoms. The van der Waals surface area contributed by atoms with E-state index in [1.54, 1.807) is 31.1 Å². The number of para-hydroxylation sites is 1. The monoisotopic (exact) mass is 389 g/mol. The minimum absolute atomic E-state index is 0.0303. The van der Waals surface area contributed by atoms with Crippen LogP contribution in [0.5, 0.6) is 0 Å². The zero-order valence-corrected chi connectivity index (χ0v) is 17.2. The molecule has 3 aromatic rings. The molecule has 0 fully saturated rings. The highest BCUT2D eigenvalue weighted by molar-refractivity contribution is 6.06. The van der Waals surface area contributed by atoms with E-state index in [2.05, 4.69) is 23.3 Å². The van der Waals surface area contributed by atoms with Gasteiger partial charge in [-0.3, -0.25) is 9.59 Å². The third kappa shape index (κ3) is 3.77. The predicted octanol–water partition coefficient (Wildman–Crippen LogP) is 3.92. The Morgan fingerprint density at radius 1 is 1.14 bits per heavy atom. The maximum atomic E-state index is 12.9. The number of H-pyrrole nitrogens is 1. The third-order valence-electron chi connectivity index (χ3n) is 5.77. The van der Waals surface area contributed by atoms with E-state index in [4.69, 9.17) is 0 Å². The van der Waals surface area contributed by atoms with Crippen molar-refractivity contribution >= 4 is 22.7 Å². The van der Waals surface area contributed by atoms with Crippen molar-refractivity contribution in [3.05, 3.63) is 70.4 Å². The molecule has 150 valence electrons. The number of hydrogen-bond acceptors (Lipinski definition) is 2. The van der Waals surface area contributed by atoms with E-state index in [-0.39, 0.29) is 11.8 Å². The molecule has 1 aliphatic rings. The standard InChI is InChI=1S/C24H27N3O2/c1-15-7-12-21-20(13-15)18-5-4-6-19(22(18)26-21)23(28)25-14-16-8-10-17(11-9-16)24(29)27(2)3/h4-6,8-11,15,26H,7,12-14H2,1-3H3,(H,25,28). The Labute approximate surface area is 171 Å². The number of nitrogens with one attached hydrogen (secondary N) is 2. The van der Waals surface area contributed by atoms with Gasteiger partial charge in [0.05, 0.1) is 11.1 Å². The third-order valence-corrected chi connectivity index (χ3v) is 5.77. The van der Waals surface area contributed by atoms with Gasteiger partial charge in [0, 0.05) is 37.3 Å². The number of aromatic nitrogens is 1. The lowest BCUT2D eigenvalue weighted by Gasteiger charge is -2.17. The minimum atomic E-state index is -0.0873. The average Bonchev–Trinajstić information content (AvgIpc) is 3.09. The summed E-state index contributed by atoms with van der Waals surface area (Å²) in [6.45, 7) is 2.71. The number of hydrogen-bond donors (Lipinski definition) is 2. The Hall–Kier alpha value is -3.08. The number of fused-ring (bicyclic) bond motifs is 3. The van der Waals surface area contributed by atoms with E-state index >= 15 is 0 Å². The van der Waals surface area contributed by atoms with Gasteiger partial charge < -0.3 is 15.2 Å². The van der Waals surface area contributed by atoms with Crippen LogP contribution < -0.4 is 5.32 Å². The molecule has 5 nitrogen and oxygen atoms in total. The zero-order chi connectivity index (χ0) is 20.5. The van der Waals surface area contributed by atoms with Crippen molar-refractivity contribution in [2.45, 2.75) is 32.7 Å². The Morgan fingerprint density at radius 3 is 2.62 bits per heavy atom. The van der Waals surface area contributed by atoms with Crippen LogP contribution in [0, 0.1) is 5.92 Å². The van der Waals surface area contributed by atoms with Crippen molar-refractivity contribution in [2.75, 3.05) is 14.1 Å². The Kier molecular flexibility index (Phi) is 5.14. The molecule has 1 atom stereocenters. The van der Waals surface area contributed by atoms with Gasteiger partial charge in [-0.25, -0.2) is 0 Å². The first-order chi connectivity index (χ1) is 13.9. The first-order valence-electron chi connectivity index (χ1n) is 10.1. The molecule has 2 N–H and O–H groups in total. The first-order valence-corrected chi connectivity index (χ1v) is 10.1. The average molecular weight is 389 g/mol. The van der Waals surface area contributed by atoms with Crippen molar-refractivity contribution in [3.63, 3.8) is 0 Å². The summed E-state index contributed by atoms with van der Waals surface area (Å²) in [6, 6.07) is 13.3. The number of carbonyl (C=O) groups is 2. The number of benzene rings is 2. The molecule has 5 heteroatoms. The van der Waals surface area contributed by atoms with Gasteiger partial charge in [-0.1, -0.05) is 31.2 Å². The Morgan fingerprint density at radius 2 is 1.90 bits per heavy atom. The highest BCUT2D eigenvalue weighted by atomic mass is 16.2. The Bertz CT molecular complexity index is 1060. The second-order valence-corrected chi connectivity index (χ2v) is 8.24. The molecule has 0 saturated carbocycles. The molecule has 1 aromatic heterocycles. The summed E-state index contributed by atoms with van der Waals surface area (Å²) in [5.41, 5.74) is 5.87. The maximum absolute atomic E-state index is 12.9. The molecule has 1 aliphatic carbocycles. The molecule has 0 bridgehead atoms. The number of nitrogens with zero attached hydrogens (tertiary/aromatic N) is 1. The van der Waals surface area contributed by atoms with Gasteiger partial charge in [-0.15, -0.1) is 0 Å². The van der Waals surface area contributed by atoms with Crippen LogP contribution in [0.15, 0.2) is 42.5 Å². The highest BCUT2D eigenvalue weighted by Gasteiger charge is 2.22. The topological polar surface area (TPSA) is 65.2 Å². The molecule has 1 unspecified atom stereocenters. The summed E-state index contributed by atoms with van der Waals surface area (Å²) in [4.78, 5) is 29.9. The van der Waals surface area contributed by atoms with Crippen molar-refractivity contribution in [2.24, 2.45) is 5.92 Å². The molecule has 29 heavy (non-hydrogen) atoms. The smallest absolute Gasteiger partial charge is 0.253 e. The van der Waals surface area contributed by atoms with Crippen LogP contribution in [0.4, 0.5) is 0 Å². The van der Waals surface area contributed by atoms with E-state index in [0.717, 1.165) is 23.9 Å². The molecule has 1 heterocycles. The lowest BCUT2D eigenvalue weighted by atomic mass is 9.87. The summed E-state index contributed by atoms with van der Waals surface area (Å²) in [7, 11) is 3.46. The number of aryl methyl sites for hydroxylation is 1. The van der Waals surface area contributed by atoms with E-state index < -0.39 is 0 Å². The summed E-state index contributed by atoms with van der Waals surface area (Å²) < 4.78 is 0. The normalized spacial score (nSPS) is 15.8. The van der Waals surface area contributed by atoms with E-state index in [9.17, 15) is 9.59 Å². The van der Waals surface area contributed by atoms with Crippen molar-refractivity contribution < 1.29 is 9.59 Å². The van der Waals surface area contributed by atoms with Crippen molar-refractivity contribution in [3.8, 4) is 0 Å². The predicted molar refractivity (Wildman–Crippen MR) is 115 cm³/mol. The number of aromatic amines is 1. The number of rotatable bonds is 4. The van der Waals surface area contributed by atoms with Gasteiger partial charge in [0.15, 0.2) is 0 Å². The minimum Gasteiger partial charge on any atom is -0.358 e. The largest absolute Gasteiger partial charge is 0.358 e. The lowest BCUT2D eigenvalue weighted by molar-refractivity contribution is 0.0827. The molecular formula is C24H27N3O2. The SMILES string of the molecule is CC1CCc2[nH]c3c(C(=O)NCc4ccc(C(=O)N(C)C)cc4)cccc3c2C1. The Balaban J connectivity index is 1.51. The fourth-order valence-corrected chi connectivity index (χ4v) is 4.11. The molecule has 0 aliphatic heterocycles. The fraction of sp³-hybridized carbons (Fsp3) is 0.333. The second kappa shape index (κ2) is 7.74. The lowest BCUT2D eigenvalue weighted by Crippen LogP contribution is -2.23. The second-order valence-electron chi connectivity index (χ2n) is 8.24. The van der Waals surface area contributed by atoms with Gasteiger partial charge in [0.1, 0.15) is 0 Å². The number of carbonyl (C=O) groups excluding carboxylic acids is 2. The van der Waals surface area contributed by atoms with Crippen LogP contribution in [-0.2, 0) is 19.4 Å². The highest BCUT2D eigenvalue weighted by Crippen LogP contribution is 2.32. The van der Waals surface area contributed by atoms with E-state index in [1.165, 1.54) is 23.1 Å². The van der Waals surface area contributed by atoms with Crippen LogP contribution in [0.2, 0.25) is 0 Å². The van der Waals surface area contributed by atoms with Gasteiger partial charge in [-0.2, -0.15) is 0 Å². The molecule has 4 rings (SSSR count). The fourth-order valence-electron chi connectivity index (χ4n) is 4.11. The summed E-state index contributed by atoms with van der Waals surface area (Å²) >= 11 is 0. The van der Waals surface area contributed by atoms with Gasteiger partial charge >= 0.3 is 0 Å². The molecule has 0 saturated heterocycles. The van der Waals surface area contributed by atoms with Crippen LogP contribution in [0.1, 0.15) is 50.9 Å². The van der Waals surface area contributed by atoms with Crippen molar-refractivity contribution in [1.82, 2.24) is 15.2 Å². The van der Waals surface area contributed by atoms with Gasteiger partial charge in [0.2, 0.25) is 0 Å².